The number of nitrogens with zero attached hydrogens (tertiary/aromatic N) is 1. The van der Waals surface area contributed by atoms with Gasteiger partial charge < -0.3 is 25.1 Å². The zero-order valence-corrected chi connectivity index (χ0v) is 19.6. The third-order valence-corrected chi connectivity index (χ3v) is 5.91. The van der Waals surface area contributed by atoms with Gasteiger partial charge in [0.2, 0.25) is 12.7 Å². The molecule has 0 aliphatic carbocycles. The Morgan fingerprint density at radius 3 is 2.74 bits per heavy atom. The molecule has 0 atom stereocenters. The van der Waals surface area contributed by atoms with Crippen molar-refractivity contribution in [2.24, 2.45) is 0 Å². The first-order valence-corrected chi connectivity index (χ1v) is 11.9. The zero-order valence-electron chi connectivity index (χ0n) is 18.8. The summed E-state index contributed by atoms with van der Waals surface area (Å²) in [6.45, 7) is 2.23. The third-order valence-electron chi connectivity index (χ3n) is 5.33. The zero-order chi connectivity index (χ0) is 24.1. The van der Waals surface area contributed by atoms with E-state index in [1.54, 1.807) is 37.3 Å². The van der Waals surface area contributed by atoms with Gasteiger partial charge in [0.15, 0.2) is 16.7 Å². The van der Waals surface area contributed by atoms with Gasteiger partial charge in [-0.25, -0.2) is 4.98 Å². The molecule has 0 saturated heterocycles. The number of aromatic amines is 1. The molecule has 1 aromatic heterocycles. The van der Waals surface area contributed by atoms with Crippen LogP contribution in [-0.2, 0) is 17.8 Å². The Hall–Kier alpha value is -3.79. The fourth-order valence-corrected chi connectivity index (χ4v) is 3.97. The van der Waals surface area contributed by atoms with Crippen molar-refractivity contribution in [3.63, 3.8) is 0 Å². The Kier molecular flexibility index (Phi) is 7.17. The molecule has 1 aliphatic heterocycles. The molecular weight excluding hydrogens is 456 g/mol. The number of nitrogens with one attached hydrogen (secondary N) is 3. The van der Waals surface area contributed by atoms with E-state index in [0.717, 1.165) is 5.56 Å². The molecule has 34 heavy (non-hydrogen) atoms. The Balaban J connectivity index is 1.37. The van der Waals surface area contributed by atoms with Gasteiger partial charge in [0.05, 0.1) is 11.3 Å². The number of anilines is 1. The molecule has 3 aromatic rings. The van der Waals surface area contributed by atoms with E-state index in [4.69, 9.17) is 9.47 Å². The van der Waals surface area contributed by atoms with E-state index < -0.39 is 0 Å². The molecule has 176 valence electrons. The molecule has 0 fully saturated rings. The SMILES string of the molecule is CSc1nc(C)c(CCC(=O)Nc2ccccc2C(=O)NCc2ccc3c(c2)OCO3)c(=O)[nH]1. The lowest BCUT2D eigenvalue weighted by atomic mass is 10.1. The highest BCUT2D eigenvalue weighted by Gasteiger charge is 2.16. The number of H-pyrrole nitrogens is 1. The maximum atomic E-state index is 12.8. The van der Waals surface area contributed by atoms with Crippen molar-refractivity contribution >= 4 is 29.3 Å². The molecule has 2 amide bonds. The first-order valence-electron chi connectivity index (χ1n) is 10.6. The van der Waals surface area contributed by atoms with Gasteiger partial charge in [-0.2, -0.15) is 0 Å². The van der Waals surface area contributed by atoms with Gasteiger partial charge in [-0.05, 0) is 49.4 Å². The maximum absolute atomic E-state index is 12.8. The summed E-state index contributed by atoms with van der Waals surface area (Å²) in [6, 6.07) is 12.3. The van der Waals surface area contributed by atoms with Crippen molar-refractivity contribution in [3.8, 4) is 11.5 Å². The molecule has 0 unspecified atom stereocenters. The van der Waals surface area contributed by atoms with Crippen LogP contribution >= 0.6 is 11.8 Å². The number of thioether (sulfide) groups is 1. The van der Waals surface area contributed by atoms with E-state index in [1.807, 2.05) is 18.4 Å². The van der Waals surface area contributed by atoms with Gasteiger partial charge >= 0.3 is 0 Å². The van der Waals surface area contributed by atoms with Gasteiger partial charge in [0.1, 0.15) is 0 Å². The van der Waals surface area contributed by atoms with Crippen molar-refractivity contribution in [2.45, 2.75) is 31.5 Å². The molecule has 0 radical (unpaired) electrons. The number of hydrogen-bond acceptors (Lipinski definition) is 7. The Bertz CT molecular complexity index is 1290. The molecular formula is C24H24N4O5S. The van der Waals surface area contributed by atoms with Crippen LogP contribution in [0, 0.1) is 6.92 Å². The second kappa shape index (κ2) is 10.4. The Morgan fingerprint density at radius 1 is 1.15 bits per heavy atom. The lowest BCUT2D eigenvalue weighted by Gasteiger charge is -2.12. The van der Waals surface area contributed by atoms with Crippen LogP contribution < -0.4 is 25.7 Å². The fourth-order valence-electron chi connectivity index (χ4n) is 3.55. The molecule has 2 aromatic carbocycles. The van der Waals surface area contributed by atoms with Crippen LogP contribution in [-0.4, -0.2) is 34.8 Å². The first-order chi connectivity index (χ1) is 16.4. The third kappa shape index (κ3) is 5.40. The number of para-hydroxylation sites is 1. The summed E-state index contributed by atoms with van der Waals surface area (Å²) in [5.74, 6) is 0.699. The topological polar surface area (TPSA) is 122 Å². The molecule has 1 aliphatic rings. The monoisotopic (exact) mass is 480 g/mol. The molecule has 0 bridgehead atoms. The van der Waals surface area contributed by atoms with Crippen molar-refractivity contribution < 1.29 is 19.1 Å². The van der Waals surface area contributed by atoms with Crippen LogP contribution in [0.4, 0.5) is 5.69 Å². The molecule has 4 rings (SSSR count). The minimum absolute atomic E-state index is 0.0807. The minimum atomic E-state index is -0.322. The number of rotatable bonds is 8. The van der Waals surface area contributed by atoms with E-state index in [0.29, 0.717) is 45.7 Å². The highest BCUT2D eigenvalue weighted by molar-refractivity contribution is 7.98. The Morgan fingerprint density at radius 2 is 1.94 bits per heavy atom. The molecule has 9 nitrogen and oxygen atoms in total. The van der Waals surface area contributed by atoms with Crippen LogP contribution in [0.5, 0.6) is 11.5 Å². The predicted molar refractivity (Wildman–Crippen MR) is 129 cm³/mol. The average molecular weight is 481 g/mol. The second-order valence-corrected chi connectivity index (χ2v) is 8.40. The van der Waals surface area contributed by atoms with Gasteiger partial charge in [-0.3, -0.25) is 14.4 Å². The van der Waals surface area contributed by atoms with Crippen LogP contribution in [0.15, 0.2) is 52.4 Å². The summed E-state index contributed by atoms with van der Waals surface area (Å²) >= 11 is 1.35. The quantitative estimate of drug-likeness (QED) is 0.335. The number of amides is 2. The smallest absolute Gasteiger partial charge is 0.254 e. The van der Waals surface area contributed by atoms with Gasteiger partial charge in [-0.15, -0.1) is 0 Å². The van der Waals surface area contributed by atoms with Crippen LogP contribution in [0.1, 0.15) is 33.6 Å². The maximum Gasteiger partial charge on any atom is 0.254 e. The lowest BCUT2D eigenvalue weighted by molar-refractivity contribution is -0.116. The van der Waals surface area contributed by atoms with Crippen LogP contribution in [0.3, 0.4) is 0 Å². The van der Waals surface area contributed by atoms with Crippen LogP contribution in [0.25, 0.3) is 0 Å². The van der Waals surface area contributed by atoms with Gasteiger partial charge in [-0.1, -0.05) is 30.0 Å². The summed E-state index contributed by atoms with van der Waals surface area (Å²) in [5.41, 5.74) is 2.44. The number of carbonyl (C=O) groups is 2. The van der Waals surface area contributed by atoms with E-state index in [1.165, 1.54) is 11.8 Å². The number of aryl methyl sites for hydroxylation is 1. The first kappa shape index (κ1) is 23.4. The Labute approximate surface area is 200 Å². The predicted octanol–water partition coefficient (Wildman–Crippen LogP) is 3.03. The molecule has 0 saturated carbocycles. The lowest BCUT2D eigenvalue weighted by Crippen LogP contribution is -2.25. The number of carbonyl (C=O) groups excluding carboxylic acids is 2. The number of benzene rings is 2. The summed E-state index contributed by atoms with van der Waals surface area (Å²) in [6.07, 6.45) is 2.15. The standard InChI is InChI=1S/C24H24N4O5S/c1-14-16(23(31)28-24(26-14)34-2)8-10-21(29)27-18-6-4-3-5-17(18)22(30)25-12-15-7-9-19-20(11-15)33-13-32-19/h3-7,9,11H,8,10,12-13H2,1-2H3,(H,25,30)(H,27,29)(H,26,28,31). The van der Waals surface area contributed by atoms with Gasteiger partial charge in [0.25, 0.3) is 11.5 Å². The van der Waals surface area contributed by atoms with E-state index in [-0.39, 0.29) is 37.0 Å². The summed E-state index contributed by atoms with van der Waals surface area (Å²) in [7, 11) is 0. The highest BCUT2D eigenvalue weighted by atomic mass is 32.2. The second-order valence-electron chi connectivity index (χ2n) is 7.60. The van der Waals surface area contributed by atoms with Crippen molar-refractivity contribution in [2.75, 3.05) is 18.4 Å². The van der Waals surface area contributed by atoms with Crippen molar-refractivity contribution in [1.29, 1.82) is 0 Å². The average Bonchev–Trinajstić information content (AvgIpc) is 3.30. The summed E-state index contributed by atoms with van der Waals surface area (Å²) in [4.78, 5) is 44.7. The number of ether oxygens (including phenoxy) is 2. The van der Waals surface area contributed by atoms with Crippen molar-refractivity contribution in [3.05, 3.63) is 75.2 Å². The summed E-state index contributed by atoms with van der Waals surface area (Å²) < 4.78 is 10.7. The number of fused-ring (bicyclic) bond motifs is 1. The fraction of sp³-hybridized carbons (Fsp3) is 0.250. The van der Waals surface area contributed by atoms with Gasteiger partial charge in [0, 0.05) is 24.2 Å². The summed E-state index contributed by atoms with van der Waals surface area (Å²) in [5, 5.41) is 6.18. The number of aromatic nitrogens is 2. The normalized spacial score (nSPS) is 11.8. The molecule has 3 N–H and O–H groups in total. The van der Waals surface area contributed by atoms with E-state index in [2.05, 4.69) is 20.6 Å². The van der Waals surface area contributed by atoms with Crippen LogP contribution in [0.2, 0.25) is 0 Å². The molecule has 10 heteroatoms. The van der Waals surface area contributed by atoms with Crippen molar-refractivity contribution in [1.82, 2.24) is 15.3 Å². The van der Waals surface area contributed by atoms with E-state index in [9.17, 15) is 14.4 Å². The van der Waals surface area contributed by atoms with E-state index >= 15 is 0 Å². The minimum Gasteiger partial charge on any atom is -0.454 e. The largest absolute Gasteiger partial charge is 0.454 e. The number of hydrogen-bond donors (Lipinski definition) is 3. The molecule has 2 heterocycles. The molecule has 0 spiro atoms. The highest BCUT2D eigenvalue weighted by Crippen LogP contribution is 2.32.